The molecule has 2 heterocycles. The van der Waals surface area contributed by atoms with Gasteiger partial charge in [0.15, 0.2) is 0 Å². The van der Waals surface area contributed by atoms with Gasteiger partial charge in [-0.3, -0.25) is 4.98 Å². The first-order chi connectivity index (χ1) is 12.2. The van der Waals surface area contributed by atoms with E-state index in [9.17, 15) is 8.42 Å². The first-order valence-electron chi connectivity index (χ1n) is 8.31. The molecule has 0 unspecified atom stereocenters. The molecule has 2 aromatic carbocycles. The lowest BCUT2D eigenvalue weighted by Crippen LogP contribution is -2.43. The molecule has 25 heavy (non-hydrogen) atoms. The van der Waals surface area contributed by atoms with Crippen molar-refractivity contribution in [1.29, 1.82) is 0 Å². The number of nitrogens with zero attached hydrogens (tertiary/aromatic N) is 2. The van der Waals surface area contributed by atoms with Crippen molar-refractivity contribution >= 4 is 26.4 Å². The van der Waals surface area contributed by atoms with Crippen molar-refractivity contribution in [3.05, 3.63) is 60.8 Å². The Morgan fingerprint density at radius 2 is 1.68 bits per heavy atom. The summed E-state index contributed by atoms with van der Waals surface area (Å²) >= 11 is 0. The zero-order valence-electron chi connectivity index (χ0n) is 13.7. The van der Waals surface area contributed by atoms with E-state index < -0.39 is 9.84 Å². The van der Waals surface area contributed by atoms with Gasteiger partial charge in [0.1, 0.15) is 0 Å². The van der Waals surface area contributed by atoms with E-state index in [-0.39, 0.29) is 0 Å². The van der Waals surface area contributed by atoms with Crippen molar-refractivity contribution in [2.24, 2.45) is 0 Å². The third-order valence-electron chi connectivity index (χ3n) is 4.51. The third kappa shape index (κ3) is 2.88. The summed E-state index contributed by atoms with van der Waals surface area (Å²) in [6, 6.07) is 15.9. The van der Waals surface area contributed by atoms with Gasteiger partial charge in [0.05, 0.1) is 21.0 Å². The van der Waals surface area contributed by atoms with E-state index in [2.05, 4.69) is 15.2 Å². The summed E-state index contributed by atoms with van der Waals surface area (Å²) < 4.78 is 26.2. The van der Waals surface area contributed by atoms with E-state index >= 15 is 0 Å². The molecular formula is C19H19N3O2S. The molecule has 0 bridgehead atoms. The summed E-state index contributed by atoms with van der Waals surface area (Å²) in [5, 5.41) is 4.00. The van der Waals surface area contributed by atoms with E-state index in [1.807, 2.05) is 24.3 Å². The highest BCUT2D eigenvalue weighted by atomic mass is 32.2. The Hall–Kier alpha value is -2.44. The molecule has 6 heteroatoms. The monoisotopic (exact) mass is 353 g/mol. The fourth-order valence-electron chi connectivity index (χ4n) is 3.26. The number of aromatic nitrogens is 1. The summed E-state index contributed by atoms with van der Waals surface area (Å²) in [5.74, 6) is 0. The van der Waals surface area contributed by atoms with Crippen LogP contribution >= 0.6 is 0 Å². The van der Waals surface area contributed by atoms with Crippen LogP contribution in [0.3, 0.4) is 0 Å². The van der Waals surface area contributed by atoms with Crippen LogP contribution in [0.2, 0.25) is 0 Å². The van der Waals surface area contributed by atoms with E-state index in [4.69, 9.17) is 0 Å². The Bertz CT molecular complexity index is 998. The normalized spacial score (nSPS) is 15.4. The van der Waals surface area contributed by atoms with E-state index in [1.54, 1.807) is 36.5 Å². The number of benzene rings is 2. The number of pyridine rings is 1. The van der Waals surface area contributed by atoms with Crippen LogP contribution in [0, 0.1) is 0 Å². The summed E-state index contributed by atoms with van der Waals surface area (Å²) in [4.78, 5) is 7.36. The topological polar surface area (TPSA) is 62.3 Å². The predicted molar refractivity (Wildman–Crippen MR) is 98.7 cm³/mol. The molecule has 0 aliphatic carbocycles. The Kier molecular flexibility index (Phi) is 4.15. The average molecular weight is 353 g/mol. The molecule has 0 amide bonds. The molecule has 128 valence electrons. The maximum absolute atomic E-state index is 13.1. The highest BCUT2D eigenvalue weighted by Crippen LogP contribution is 2.32. The van der Waals surface area contributed by atoms with Gasteiger partial charge in [0.2, 0.25) is 9.84 Å². The largest absolute Gasteiger partial charge is 0.367 e. The highest BCUT2D eigenvalue weighted by molar-refractivity contribution is 7.91. The molecule has 1 aliphatic rings. The Morgan fingerprint density at radius 1 is 0.920 bits per heavy atom. The molecular weight excluding hydrogens is 334 g/mol. The third-order valence-corrected chi connectivity index (χ3v) is 6.34. The molecule has 0 atom stereocenters. The molecule has 1 saturated heterocycles. The minimum absolute atomic E-state index is 0.301. The number of sulfone groups is 1. The van der Waals surface area contributed by atoms with Crippen LogP contribution in [0.15, 0.2) is 70.6 Å². The zero-order valence-corrected chi connectivity index (χ0v) is 14.5. The quantitative estimate of drug-likeness (QED) is 0.784. The predicted octanol–water partition coefficient (Wildman–Crippen LogP) is 2.48. The minimum atomic E-state index is -3.58. The SMILES string of the molecule is O=S(=O)(c1ccccc1)c1ccnc2c(N3CCNCC3)cccc12. The summed E-state index contributed by atoms with van der Waals surface area (Å²) in [6.07, 6.45) is 1.59. The average Bonchev–Trinajstić information content (AvgIpc) is 2.68. The standard InChI is InChI=1S/C19H19N3O2S/c23-25(24,15-5-2-1-3-6-15)18-9-10-21-19-16(18)7-4-8-17(19)22-13-11-20-12-14-22/h1-10,20H,11-14H2. The number of fused-ring (bicyclic) bond motifs is 1. The first-order valence-corrected chi connectivity index (χ1v) is 9.80. The van der Waals surface area contributed by atoms with Gasteiger partial charge in [-0.1, -0.05) is 30.3 Å². The molecule has 1 aliphatic heterocycles. The van der Waals surface area contributed by atoms with Crippen molar-refractivity contribution in [3.8, 4) is 0 Å². The maximum Gasteiger partial charge on any atom is 0.207 e. The van der Waals surface area contributed by atoms with Gasteiger partial charge < -0.3 is 10.2 Å². The lowest BCUT2D eigenvalue weighted by molar-refractivity contribution is 0.590. The molecule has 0 spiro atoms. The second-order valence-electron chi connectivity index (χ2n) is 6.04. The zero-order chi connectivity index (χ0) is 17.3. The van der Waals surface area contributed by atoms with Crippen LogP contribution in [-0.4, -0.2) is 39.6 Å². The van der Waals surface area contributed by atoms with Gasteiger partial charge in [0.25, 0.3) is 0 Å². The number of hydrogen-bond acceptors (Lipinski definition) is 5. The van der Waals surface area contributed by atoms with Crippen molar-refractivity contribution in [2.45, 2.75) is 9.79 Å². The number of piperazine rings is 1. The number of nitrogens with one attached hydrogen (secondary N) is 1. The smallest absolute Gasteiger partial charge is 0.207 e. The Morgan fingerprint density at radius 3 is 2.44 bits per heavy atom. The second kappa shape index (κ2) is 6.46. The molecule has 0 saturated carbocycles. The lowest BCUT2D eigenvalue weighted by atomic mass is 10.1. The van der Waals surface area contributed by atoms with Gasteiger partial charge in [-0.05, 0) is 24.3 Å². The van der Waals surface area contributed by atoms with Crippen LogP contribution in [0.5, 0.6) is 0 Å². The molecule has 1 aromatic heterocycles. The highest BCUT2D eigenvalue weighted by Gasteiger charge is 2.22. The van der Waals surface area contributed by atoms with Crippen LogP contribution in [-0.2, 0) is 9.84 Å². The fraction of sp³-hybridized carbons (Fsp3) is 0.211. The number of rotatable bonds is 3. The Labute approximate surface area is 147 Å². The van der Waals surface area contributed by atoms with Crippen molar-refractivity contribution in [1.82, 2.24) is 10.3 Å². The molecule has 1 fully saturated rings. The van der Waals surface area contributed by atoms with Gasteiger partial charge in [-0.2, -0.15) is 0 Å². The number of hydrogen-bond donors (Lipinski definition) is 1. The number of para-hydroxylation sites is 1. The summed E-state index contributed by atoms with van der Waals surface area (Å²) in [6.45, 7) is 3.60. The van der Waals surface area contributed by atoms with Crippen LogP contribution < -0.4 is 10.2 Å². The molecule has 5 nitrogen and oxygen atoms in total. The maximum atomic E-state index is 13.1. The second-order valence-corrected chi connectivity index (χ2v) is 7.95. The van der Waals surface area contributed by atoms with Crippen LogP contribution in [0.4, 0.5) is 5.69 Å². The van der Waals surface area contributed by atoms with Gasteiger partial charge in [0, 0.05) is 37.8 Å². The minimum Gasteiger partial charge on any atom is -0.367 e. The first kappa shape index (κ1) is 16.1. The van der Waals surface area contributed by atoms with Crippen molar-refractivity contribution in [2.75, 3.05) is 31.1 Å². The molecule has 4 rings (SSSR count). The Balaban J connectivity index is 1.89. The van der Waals surface area contributed by atoms with E-state index in [1.165, 1.54) is 0 Å². The molecule has 3 aromatic rings. The lowest BCUT2D eigenvalue weighted by Gasteiger charge is -2.30. The van der Waals surface area contributed by atoms with Crippen molar-refractivity contribution < 1.29 is 8.42 Å². The van der Waals surface area contributed by atoms with Gasteiger partial charge in [-0.15, -0.1) is 0 Å². The van der Waals surface area contributed by atoms with Crippen LogP contribution in [0.1, 0.15) is 0 Å². The summed E-state index contributed by atoms with van der Waals surface area (Å²) in [7, 11) is -3.58. The molecule has 1 N–H and O–H groups in total. The molecule has 0 radical (unpaired) electrons. The fourth-order valence-corrected chi connectivity index (χ4v) is 4.72. The van der Waals surface area contributed by atoms with Crippen molar-refractivity contribution in [3.63, 3.8) is 0 Å². The van der Waals surface area contributed by atoms with E-state index in [0.29, 0.717) is 15.2 Å². The van der Waals surface area contributed by atoms with Gasteiger partial charge in [-0.25, -0.2) is 8.42 Å². The number of anilines is 1. The van der Waals surface area contributed by atoms with Gasteiger partial charge >= 0.3 is 0 Å². The van der Waals surface area contributed by atoms with Crippen LogP contribution in [0.25, 0.3) is 10.9 Å². The van der Waals surface area contributed by atoms with E-state index in [0.717, 1.165) is 37.4 Å². The summed E-state index contributed by atoms with van der Waals surface area (Å²) in [5.41, 5.74) is 1.73.